The number of fused-ring (bicyclic) bond motifs is 4. The van der Waals surface area contributed by atoms with Crippen LogP contribution in [0.15, 0.2) is 66.7 Å². The third kappa shape index (κ3) is 1.66. The zero-order valence-corrected chi connectivity index (χ0v) is 12.5. The first-order valence-electron chi connectivity index (χ1n) is 6.76. The van der Waals surface area contributed by atoms with Gasteiger partial charge in [0, 0.05) is 5.33 Å². The third-order valence-electron chi connectivity index (χ3n) is 3.99. The number of alkyl halides is 1. The van der Waals surface area contributed by atoms with E-state index in [0.717, 1.165) is 5.33 Å². The van der Waals surface area contributed by atoms with Crippen LogP contribution in [-0.2, 0) is 5.33 Å². The van der Waals surface area contributed by atoms with E-state index in [2.05, 4.69) is 82.7 Å². The Balaban J connectivity index is 2.33. The molecule has 96 valence electrons. The minimum Gasteiger partial charge on any atom is -0.0876 e. The summed E-state index contributed by atoms with van der Waals surface area (Å²) in [5.74, 6) is 0. The van der Waals surface area contributed by atoms with Gasteiger partial charge < -0.3 is 0 Å². The van der Waals surface area contributed by atoms with E-state index in [1.165, 1.54) is 37.9 Å². The van der Waals surface area contributed by atoms with Crippen molar-refractivity contribution in [1.82, 2.24) is 0 Å². The molecule has 0 fully saturated rings. The summed E-state index contributed by atoms with van der Waals surface area (Å²) in [5.41, 5.74) is 1.38. The molecule has 0 aliphatic carbocycles. The van der Waals surface area contributed by atoms with Gasteiger partial charge in [-0.15, -0.1) is 0 Å². The van der Waals surface area contributed by atoms with Gasteiger partial charge in [0.05, 0.1) is 0 Å². The molecule has 0 saturated carbocycles. The van der Waals surface area contributed by atoms with Crippen molar-refractivity contribution in [3.8, 4) is 0 Å². The van der Waals surface area contributed by atoms with Gasteiger partial charge in [-0.1, -0.05) is 76.6 Å². The van der Waals surface area contributed by atoms with Gasteiger partial charge in [-0.3, -0.25) is 0 Å². The average Bonchev–Trinajstić information content (AvgIpc) is 2.52. The average molecular weight is 321 g/mol. The van der Waals surface area contributed by atoms with Crippen LogP contribution in [0.2, 0.25) is 0 Å². The van der Waals surface area contributed by atoms with E-state index in [4.69, 9.17) is 0 Å². The highest BCUT2D eigenvalue weighted by Gasteiger charge is 2.09. The lowest BCUT2D eigenvalue weighted by molar-refractivity contribution is 1.55. The summed E-state index contributed by atoms with van der Waals surface area (Å²) in [5, 5.41) is 8.86. The van der Waals surface area contributed by atoms with E-state index in [9.17, 15) is 0 Å². The van der Waals surface area contributed by atoms with Gasteiger partial charge in [-0.2, -0.15) is 0 Å². The smallest absolute Gasteiger partial charge is 0.0295 e. The number of benzene rings is 4. The first kappa shape index (κ1) is 11.9. The van der Waals surface area contributed by atoms with Crippen molar-refractivity contribution in [2.45, 2.75) is 5.33 Å². The molecule has 0 nitrogen and oxygen atoms in total. The quantitative estimate of drug-likeness (QED) is 0.228. The maximum Gasteiger partial charge on any atom is 0.0295 e. The van der Waals surface area contributed by atoms with Crippen molar-refractivity contribution in [3.05, 3.63) is 72.3 Å². The van der Waals surface area contributed by atoms with Crippen LogP contribution in [0.4, 0.5) is 0 Å². The van der Waals surface area contributed by atoms with Crippen molar-refractivity contribution in [2.75, 3.05) is 0 Å². The van der Waals surface area contributed by atoms with E-state index in [0.29, 0.717) is 0 Å². The summed E-state index contributed by atoms with van der Waals surface area (Å²) in [7, 11) is 0. The van der Waals surface area contributed by atoms with Gasteiger partial charge in [0.1, 0.15) is 0 Å². The van der Waals surface area contributed by atoms with Gasteiger partial charge >= 0.3 is 0 Å². The predicted octanol–water partition coefficient (Wildman–Crippen LogP) is 6.04. The van der Waals surface area contributed by atoms with Crippen molar-refractivity contribution < 1.29 is 0 Å². The Bertz CT molecular complexity index is 938. The first-order valence-corrected chi connectivity index (χ1v) is 7.89. The van der Waals surface area contributed by atoms with Crippen LogP contribution in [0.25, 0.3) is 32.3 Å². The summed E-state index contributed by atoms with van der Waals surface area (Å²) in [6.45, 7) is 0. The standard InChI is InChI=1S/C19H13Br/c20-12-18-16-7-3-2-6-14(16)11-15-10-9-13-5-1-4-8-17(13)19(15)18/h1-11H,12H2. The van der Waals surface area contributed by atoms with E-state index >= 15 is 0 Å². The largest absolute Gasteiger partial charge is 0.0876 e. The minimum absolute atomic E-state index is 0.874. The normalized spacial score (nSPS) is 11.4. The van der Waals surface area contributed by atoms with Crippen LogP contribution in [0.1, 0.15) is 5.56 Å². The fourth-order valence-electron chi connectivity index (χ4n) is 3.08. The molecule has 0 amide bonds. The lowest BCUT2D eigenvalue weighted by Crippen LogP contribution is -1.87. The summed E-state index contributed by atoms with van der Waals surface area (Å²) < 4.78 is 0. The lowest BCUT2D eigenvalue weighted by atomic mass is 9.94. The predicted molar refractivity (Wildman–Crippen MR) is 91.6 cm³/mol. The van der Waals surface area contributed by atoms with Gasteiger partial charge in [0.2, 0.25) is 0 Å². The molecule has 1 heteroatoms. The second kappa shape index (κ2) is 4.60. The van der Waals surface area contributed by atoms with Crippen LogP contribution in [-0.4, -0.2) is 0 Å². The molecule has 0 bridgehead atoms. The van der Waals surface area contributed by atoms with Crippen molar-refractivity contribution >= 4 is 48.2 Å². The van der Waals surface area contributed by atoms with Crippen molar-refractivity contribution in [2.24, 2.45) is 0 Å². The lowest BCUT2D eigenvalue weighted by Gasteiger charge is -2.12. The molecule has 4 aromatic carbocycles. The molecular weight excluding hydrogens is 308 g/mol. The molecule has 0 unspecified atom stereocenters. The molecule has 0 N–H and O–H groups in total. The second-order valence-corrected chi connectivity index (χ2v) is 5.66. The molecule has 0 aliphatic heterocycles. The highest BCUT2D eigenvalue weighted by Crippen LogP contribution is 2.34. The molecule has 0 spiro atoms. The number of hydrogen-bond acceptors (Lipinski definition) is 0. The summed E-state index contributed by atoms with van der Waals surface area (Å²) in [6.07, 6.45) is 0. The van der Waals surface area contributed by atoms with Gasteiger partial charge in [-0.05, 0) is 43.9 Å². The Morgan fingerprint density at radius 2 is 1.30 bits per heavy atom. The molecule has 0 aromatic heterocycles. The molecular formula is C19H13Br. The summed E-state index contributed by atoms with van der Waals surface area (Å²) >= 11 is 3.69. The second-order valence-electron chi connectivity index (χ2n) is 5.09. The van der Waals surface area contributed by atoms with Crippen LogP contribution in [0, 0.1) is 0 Å². The Labute approximate surface area is 126 Å². The molecule has 20 heavy (non-hydrogen) atoms. The van der Waals surface area contributed by atoms with E-state index in [1.54, 1.807) is 0 Å². The molecule has 0 atom stereocenters. The maximum absolute atomic E-state index is 3.69. The molecule has 4 aromatic rings. The monoisotopic (exact) mass is 320 g/mol. The van der Waals surface area contributed by atoms with Gasteiger partial charge in [0.25, 0.3) is 0 Å². The summed E-state index contributed by atoms with van der Waals surface area (Å²) in [6, 6.07) is 24.0. The maximum atomic E-state index is 3.69. The van der Waals surface area contributed by atoms with Crippen LogP contribution in [0.5, 0.6) is 0 Å². The number of rotatable bonds is 1. The SMILES string of the molecule is BrCc1c2ccccc2cc2ccc3ccccc3c12. The summed E-state index contributed by atoms with van der Waals surface area (Å²) in [4.78, 5) is 0. The van der Waals surface area contributed by atoms with Gasteiger partial charge in [-0.25, -0.2) is 0 Å². The van der Waals surface area contributed by atoms with Crippen LogP contribution in [0.3, 0.4) is 0 Å². The highest BCUT2D eigenvalue weighted by molar-refractivity contribution is 9.08. The minimum atomic E-state index is 0.874. The van der Waals surface area contributed by atoms with Gasteiger partial charge in [0.15, 0.2) is 0 Å². The Hall–Kier alpha value is -1.86. The Morgan fingerprint density at radius 1 is 0.650 bits per heavy atom. The molecule has 0 saturated heterocycles. The number of halogens is 1. The van der Waals surface area contributed by atoms with E-state index < -0.39 is 0 Å². The number of hydrogen-bond donors (Lipinski definition) is 0. The van der Waals surface area contributed by atoms with Crippen LogP contribution < -0.4 is 0 Å². The van der Waals surface area contributed by atoms with Crippen LogP contribution >= 0.6 is 15.9 Å². The van der Waals surface area contributed by atoms with E-state index in [1.807, 2.05) is 0 Å². The molecule has 0 radical (unpaired) electrons. The van der Waals surface area contributed by atoms with Crippen molar-refractivity contribution in [1.29, 1.82) is 0 Å². The molecule has 4 rings (SSSR count). The third-order valence-corrected chi connectivity index (χ3v) is 4.55. The fraction of sp³-hybridized carbons (Fsp3) is 0.0526. The zero-order valence-electron chi connectivity index (χ0n) is 10.9. The Kier molecular flexibility index (Phi) is 2.75. The zero-order chi connectivity index (χ0) is 13.5. The Morgan fingerprint density at radius 3 is 2.10 bits per heavy atom. The van der Waals surface area contributed by atoms with Crippen molar-refractivity contribution in [3.63, 3.8) is 0 Å². The first-order chi connectivity index (χ1) is 9.88. The molecule has 0 aliphatic rings. The highest BCUT2D eigenvalue weighted by atomic mass is 79.9. The molecule has 0 heterocycles. The topological polar surface area (TPSA) is 0 Å². The fourth-order valence-corrected chi connectivity index (χ4v) is 3.67. The van der Waals surface area contributed by atoms with E-state index in [-0.39, 0.29) is 0 Å².